The molecule has 0 radical (unpaired) electrons. The Morgan fingerprint density at radius 2 is 2.10 bits per heavy atom. The van der Waals surface area contributed by atoms with Gasteiger partial charge in [0.25, 0.3) is 0 Å². The number of carbonyl (C=O) groups is 3. The zero-order valence-corrected chi connectivity index (χ0v) is 12.6. The van der Waals surface area contributed by atoms with Gasteiger partial charge in [0.2, 0.25) is 0 Å². The Morgan fingerprint density at radius 3 is 2.62 bits per heavy atom. The Labute approximate surface area is 131 Å². The van der Waals surface area contributed by atoms with Gasteiger partial charge in [-0.25, -0.2) is 0 Å². The van der Waals surface area contributed by atoms with Gasteiger partial charge in [-0.05, 0) is 30.7 Å². The first kappa shape index (κ1) is 16.0. The van der Waals surface area contributed by atoms with Crippen LogP contribution < -0.4 is 5.32 Å². The molecule has 1 saturated heterocycles. The zero-order valence-electron chi connectivity index (χ0n) is 11.0. The van der Waals surface area contributed by atoms with Crippen LogP contribution >= 0.6 is 23.4 Å². The number of hydrogen-bond donors (Lipinski definition) is 2. The standard InChI is InChI=1S/C14H14ClNO4S/c15-10-3-1-8(2-4-10)13(18)9(6-17)5-12-16-11(7-21-12)14(19)20/h1-4,6,9,11-12,16H,5,7H2,(H,19,20). The number of carbonyl (C=O) groups excluding carboxylic acids is 2. The first-order valence-electron chi connectivity index (χ1n) is 6.37. The molecule has 1 aromatic carbocycles. The van der Waals surface area contributed by atoms with Gasteiger partial charge in [0.1, 0.15) is 12.3 Å². The Bertz CT molecular complexity index is 548. The number of carboxylic acid groups (broad SMARTS) is 1. The molecule has 21 heavy (non-hydrogen) atoms. The maximum Gasteiger partial charge on any atom is 0.321 e. The van der Waals surface area contributed by atoms with Crippen LogP contribution in [0.1, 0.15) is 16.8 Å². The molecule has 0 amide bonds. The van der Waals surface area contributed by atoms with E-state index in [9.17, 15) is 14.4 Å². The molecule has 0 spiro atoms. The highest BCUT2D eigenvalue weighted by atomic mass is 35.5. The topological polar surface area (TPSA) is 83.5 Å². The molecular weight excluding hydrogens is 314 g/mol. The van der Waals surface area contributed by atoms with E-state index in [1.165, 1.54) is 11.8 Å². The lowest BCUT2D eigenvalue weighted by atomic mass is 9.96. The molecule has 0 bridgehead atoms. The summed E-state index contributed by atoms with van der Waals surface area (Å²) in [5.41, 5.74) is 0.425. The van der Waals surface area contributed by atoms with Crippen LogP contribution in [0.2, 0.25) is 5.02 Å². The summed E-state index contributed by atoms with van der Waals surface area (Å²) in [6, 6.07) is 5.73. The highest BCUT2D eigenvalue weighted by Gasteiger charge is 2.32. The SMILES string of the molecule is O=CC(CC1NC(C(=O)O)CS1)C(=O)c1ccc(Cl)cc1. The summed E-state index contributed by atoms with van der Waals surface area (Å²) in [7, 11) is 0. The third kappa shape index (κ3) is 4.06. The van der Waals surface area contributed by atoms with Gasteiger partial charge in [0.15, 0.2) is 5.78 Å². The van der Waals surface area contributed by atoms with Crippen molar-refractivity contribution >= 4 is 41.4 Å². The quantitative estimate of drug-likeness (QED) is 0.471. The molecule has 0 aromatic heterocycles. The van der Waals surface area contributed by atoms with Crippen LogP contribution in [-0.4, -0.2) is 40.3 Å². The first-order chi connectivity index (χ1) is 10.0. The van der Waals surface area contributed by atoms with E-state index in [-0.39, 0.29) is 17.6 Å². The number of thioether (sulfide) groups is 1. The maximum atomic E-state index is 12.3. The van der Waals surface area contributed by atoms with E-state index in [4.69, 9.17) is 16.7 Å². The Kier molecular flexibility index (Phi) is 5.39. The highest BCUT2D eigenvalue weighted by Crippen LogP contribution is 2.26. The van der Waals surface area contributed by atoms with Crippen molar-refractivity contribution in [1.82, 2.24) is 5.32 Å². The van der Waals surface area contributed by atoms with E-state index in [1.807, 2.05) is 0 Å². The zero-order chi connectivity index (χ0) is 15.4. The summed E-state index contributed by atoms with van der Waals surface area (Å²) in [6.45, 7) is 0. The average Bonchev–Trinajstić information content (AvgIpc) is 2.93. The van der Waals surface area contributed by atoms with Crippen molar-refractivity contribution in [2.75, 3.05) is 5.75 Å². The fourth-order valence-electron chi connectivity index (χ4n) is 2.09. The van der Waals surface area contributed by atoms with Crippen molar-refractivity contribution in [1.29, 1.82) is 0 Å². The highest BCUT2D eigenvalue weighted by molar-refractivity contribution is 8.00. The van der Waals surface area contributed by atoms with E-state index in [0.29, 0.717) is 22.6 Å². The molecule has 112 valence electrons. The number of carboxylic acids is 1. The molecule has 5 nitrogen and oxygen atoms in total. The third-order valence-corrected chi connectivity index (χ3v) is 4.76. The maximum absolute atomic E-state index is 12.3. The molecular formula is C14H14ClNO4S. The van der Waals surface area contributed by atoms with Crippen LogP contribution in [-0.2, 0) is 9.59 Å². The van der Waals surface area contributed by atoms with E-state index >= 15 is 0 Å². The first-order valence-corrected chi connectivity index (χ1v) is 7.79. The normalized spacial score (nSPS) is 22.7. The van der Waals surface area contributed by atoms with Crippen LogP contribution in [0.15, 0.2) is 24.3 Å². The number of Topliss-reactive ketones (excluding diaryl/α,β-unsaturated/α-hetero) is 1. The number of benzene rings is 1. The van der Waals surface area contributed by atoms with E-state index in [1.54, 1.807) is 24.3 Å². The second-order valence-corrected chi connectivity index (χ2v) is 6.40. The number of hydrogen-bond acceptors (Lipinski definition) is 5. The van der Waals surface area contributed by atoms with E-state index in [2.05, 4.69) is 5.32 Å². The molecule has 2 rings (SSSR count). The summed E-state index contributed by atoms with van der Waals surface area (Å²) in [5.74, 6) is -1.55. The number of nitrogens with one attached hydrogen (secondary N) is 1. The van der Waals surface area contributed by atoms with Crippen molar-refractivity contribution in [2.45, 2.75) is 17.8 Å². The van der Waals surface area contributed by atoms with Crippen LogP contribution in [0.4, 0.5) is 0 Å². The average molecular weight is 328 g/mol. The molecule has 0 saturated carbocycles. The molecule has 1 aliphatic heterocycles. The molecule has 3 atom stereocenters. The number of aliphatic carboxylic acids is 1. The monoisotopic (exact) mass is 327 g/mol. The molecule has 1 aliphatic rings. The molecule has 1 aromatic rings. The van der Waals surface area contributed by atoms with E-state index < -0.39 is 17.9 Å². The lowest BCUT2D eigenvalue weighted by Crippen LogP contribution is -2.38. The van der Waals surface area contributed by atoms with Gasteiger partial charge >= 0.3 is 5.97 Å². The summed E-state index contributed by atoms with van der Waals surface area (Å²) in [6.07, 6.45) is 0.896. The Hall–Kier alpha value is -1.37. The van der Waals surface area contributed by atoms with Gasteiger partial charge < -0.3 is 9.90 Å². The summed E-state index contributed by atoms with van der Waals surface area (Å²) < 4.78 is 0. The van der Waals surface area contributed by atoms with Crippen LogP contribution in [0.25, 0.3) is 0 Å². The largest absolute Gasteiger partial charge is 0.480 e. The summed E-state index contributed by atoms with van der Waals surface area (Å²) in [5, 5.41) is 12.1. The van der Waals surface area contributed by atoms with Gasteiger partial charge in [-0.15, -0.1) is 11.8 Å². The van der Waals surface area contributed by atoms with Gasteiger partial charge in [-0.1, -0.05) is 11.6 Å². The number of rotatable bonds is 6. The van der Waals surface area contributed by atoms with Crippen molar-refractivity contribution in [3.05, 3.63) is 34.9 Å². The fourth-order valence-corrected chi connectivity index (χ4v) is 3.49. The van der Waals surface area contributed by atoms with Crippen LogP contribution in [0, 0.1) is 5.92 Å². The fraction of sp³-hybridized carbons (Fsp3) is 0.357. The summed E-state index contributed by atoms with van der Waals surface area (Å²) in [4.78, 5) is 34.3. The number of aldehydes is 1. The predicted octanol–water partition coefficient (Wildman–Crippen LogP) is 1.84. The number of halogens is 1. The molecule has 2 N–H and O–H groups in total. The minimum absolute atomic E-state index is 0.211. The third-order valence-electron chi connectivity index (χ3n) is 3.25. The Morgan fingerprint density at radius 1 is 1.43 bits per heavy atom. The minimum Gasteiger partial charge on any atom is -0.480 e. The van der Waals surface area contributed by atoms with Crippen molar-refractivity contribution < 1.29 is 19.5 Å². The van der Waals surface area contributed by atoms with Gasteiger partial charge in [0, 0.05) is 16.3 Å². The lowest BCUT2D eigenvalue weighted by molar-refractivity contribution is -0.138. The second-order valence-electron chi connectivity index (χ2n) is 4.73. The molecule has 7 heteroatoms. The minimum atomic E-state index is -0.920. The molecule has 1 fully saturated rings. The summed E-state index contributed by atoms with van der Waals surface area (Å²) >= 11 is 7.18. The lowest BCUT2D eigenvalue weighted by Gasteiger charge is -2.15. The Balaban J connectivity index is 2.00. The number of ketones is 1. The van der Waals surface area contributed by atoms with Gasteiger partial charge in [0.05, 0.1) is 11.3 Å². The predicted molar refractivity (Wildman–Crippen MR) is 80.8 cm³/mol. The van der Waals surface area contributed by atoms with Crippen LogP contribution in [0.5, 0.6) is 0 Å². The van der Waals surface area contributed by atoms with Gasteiger partial charge in [-0.3, -0.25) is 14.9 Å². The molecule has 0 aliphatic carbocycles. The van der Waals surface area contributed by atoms with Gasteiger partial charge in [-0.2, -0.15) is 0 Å². The van der Waals surface area contributed by atoms with Crippen molar-refractivity contribution in [3.63, 3.8) is 0 Å². The second kappa shape index (κ2) is 7.06. The van der Waals surface area contributed by atoms with Crippen molar-refractivity contribution in [3.8, 4) is 0 Å². The molecule has 1 heterocycles. The van der Waals surface area contributed by atoms with Crippen molar-refractivity contribution in [2.24, 2.45) is 5.92 Å². The molecule has 3 unspecified atom stereocenters. The smallest absolute Gasteiger partial charge is 0.321 e. The van der Waals surface area contributed by atoms with Crippen LogP contribution in [0.3, 0.4) is 0 Å². The van der Waals surface area contributed by atoms with E-state index in [0.717, 1.165) is 0 Å².